The van der Waals surface area contributed by atoms with Crippen LogP contribution in [0.2, 0.25) is 0 Å². The van der Waals surface area contributed by atoms with Crippen molar-refractivity contribution >= 4 is 11.8 Å². The van der Waals surface area contributed by atoms with Gasteiger partial charge in [0.25, 0.3) is 0 Å². The Hall–Kier alpha value is -3.02. The van der Waals surface area contributed by atoms with E-state index in [9.17, 15) is 9.59 Å². The highest BCUT2D eigenvalue weighted by Gasteiger charge is 2.37. The molecule has 0 aliphatic heterocycles. The zero-order chi connectivity index (χ0) is 21.4. The third kappa shape index (κ3) is 5.12. The van der Waals surface area contributed by atoms with Crippen molar-refractivity contribution in [2.45, 2.75) is 37.5 Å². The maximum Gasteiger partial charge on any atom is 0.309 e. The van der Waals surface area contributed by atoms with Gasteiger partial charge in [-0.3, -0.25) is 9.59 Å². The van der Waals surface area contributed by atoms with Crippen molar-refractivity contribution < 1.29 is 19.1 Å². The largest absolute Gasteiger partial charge is 0.493 e. The van der Waals surface area contributed by atoms with Gasteiger partial charge >= 0.3 is 11.8 Å². The van der Waals surface area contributed by atoms with E-state index in [2.05, 4.69) is 10.6 Å². The SMILES string of the molecule is COc1ccc(C2(CNC(=O)C(=O)NCCc3ccccc3)CCCC2)cc1OC. The first-order valence-corrected chi connectivity index (χ1v) is 10.4. The molecule has 0 bridgehead atoms. The van der Waals surface area contributed by atoms with Crippen LogP contribution in [0.5, 0.6) is 11.5 Å². The summed E-state index contributed by atoms with van der Waals surface area (Å²) < 4.78 is 10.8. The normalized spacial score (nSPS) is 14.7. The molecule has 30 heavy (non-hydrogen) atoms. The molecule has 0 atom stereocenters. The number of methoxy groups -OCH3 is 2. The second-order valence-corrected chi connectivity index (χ2v) is 7.73. The first-order chi connectivity index (χ1) is 14.6. The molecule has 6 heteroatoms. The van der Waals surface area contributed by atoms with Crippen LogP contribution in [0, 0.1) is 0 Å². The third-order valence-electron chi connectivity index (χ3n) is 5.89. The molecular weight excluding hydrogens is 380 g/mol. The fourth-order valence-corrected chi connectivity index (χ4v) is 4.16. The molecule has 2 aromatic rings. The van der Waals surface area contributed by atoms with Gasteiger partial charge in [0.1, 0.15) is 0 Å². The Balaban J connectivity index is 1.59. The van der Waals surface area contributed by atoms with Gasteiger partial charge in [0.15, 0.2) is 11.5 Å². The van der Waals surface area contributed by atoms with Crippen LogP contribution in [-0.4, -0.2) is 39.1 Å². The van der Waals surface area contributed by atoms with E-state index in [1.54, 1.807) is 14.2 Å². The maximum atomic E-state index is 12.4. The summed E-state index contributed by atoms with van der Waals surface area (Å²) in [6.45, 7) is 0.852. The molecule has 2 amide bonds. The molecule has 0 heterocycles. The second-order valence-electron chi connectivity index (χ2n) is 7.73. The number of benzene rings is 2. The van der Waals surface area contributed by atoms with Crippen LogP contribution in [0.25, 0.3) is 0 Å². The molecule has 2 N–H and O–H groups in total. The zero-order valence-corrected chi connectivity index (χ0v) is 17.7. The summed E-state index contributed by atoms with van der Waals surface area (Å²) in [4.78, 5) is 24.6. The zero-order valence-electron chi connectivity index (χ0n) is 17.7. The van der Waals surface area contributed by atoms with E-state index in [0.717, 1.165) is 36.8 Å². The van der Waals surface area contributed by atoms with Crippen LogP contribution in [-0.2, 0) is 21.4 Å². The van der Waals surface area contributed by atoms with E-state index in [1.807, 2.05) is 48.5 Å². The molecule has 160 valence electrons. The first kappa shape index (κ1) is 21.7. The third-order valence-corrected chi connectivity index (χ3v) is 5.89. The lowest BCUT2D eigenvalue weighted by atomic mass is 9.78. The summed E-state index contributed by atoms with van der Waals surface area (Å²) in [5.41, 5.74) is 2.03. The van der Waals surface area contributed by atoms with Crippen LogP contribution >= 0.6 is 0 Å². The standard InChI is InChI=1S/C24H30N2O4/c1-29-20-11-10-19(16-21(20)30-2)24(13-6-7-14-24)17-26-23(28)22(27)25-15-12-18-8-4-3-5-9-18/h3-5,8-11,16H,6-7,12-15,17H2,1-2H3,(H,25,27)(H,26,28). The van der Waals surface area contributed by atoms with Crippen molar-refractivity contribution in [2.75, 3.05) is 27.3 Å². The lowest BCUT2D eigenvalue weighted by molar-refractivity contribution is -0.139. The van der Waals surface area contributed by atoms with E-state index in [0.29, 0.717) is 31.0 Å². The molecule has 0 spiro atoms. The Morgan fingerprint density at radius 2 is 1.57 bits per heavy atom. The lowest BCUT2D eigenvalue weighted by Gasteiger charge is -2.30. The van der Waals surface area contributed by atoms with E-state index in [-0.39, 0.29) is 5.41 Å². The van der Waals surface area contributed by atoms with Gasteiger partial charge in [0.2, 0.25) is 0 Å². The van der Waals surface area contributed by atoms with Crippen molar-refractivity contribution in [3.8, 4) is 11.5 Å². The van der Waals surface area contributed by atoms with Gasteiger partial charge in [0, 0.05) is 18.5 Å². The van der Waals surface area contributed by atoms with Crippen molar-refractivity contribution in [3.63, 3.8) is 0 Å². The Morgan fingerprint density at radius 3 is 2.23 bits per heavy atom. The quantitative estimate of drug-likeness (QED) is 0.656. The topological polar surface area (TPSA) is 76.7 Å². The number of nitrogens with one attached hydrogen (secondary N) is 2. The van der Waals surface area contributed by atoms with Crippen LogP contribution in [0.15, 0.2) is 48.5 Å². The molecule has 1 aliphatic carbocycles. The maximum absolute atomic E-state index is 12.4. The molecule has 1 fully saturated rings. The molecule has 0 aromatic heterocycles. The predicted octanol–water partition coefficient (Wildman–Crippen LogP) is 2.99. The van der Waals surface area contributed by atoms with Crippen molar-refractivity contribution in [2.24, 2.45) is 0 Å². The summed E-state index contributed by atoms with van der Waals surface area (Å²) in [6.07, 6.45) is 4.78. The van der Waals surface area contributed by atoms with Crippen LogP contribution in [0.1, 0.15) is 36.8 Å². The van der Waals surface area contributed by atoms with Crippen LogP contribution in [0.4, 0.5) is 0 Å². The van der Waals surface area contributed by atoms with E-state index >= 15 is 0 Å². The van der Waals surface area contributed by atoms with Crippen molar-refractivity contribution in [1.29, 1.82) is 0 Å². The minimum atomic E-state index is -0.591. The Labute approximate surface area is 178 Å². The van der Waals surface area contributed by atoms with Gasteiger partial charge in [-0.15, -0.1) is 0 Å². The van der Waals surface area contributed by atoms with Gasteiger partial charge in [-0.25, -0.2) is 0 Å². The number of hydrogen-bond acceptors (Lipinski definition) is 4. The lowest BCUT2D eigenvalue weighted by Crippen LogP contribution is -2.45. The molecule has 1 aliphatic rings. The van der Waals surface area contributed by atoms with Gasteiger partial charge in [-0.05, 0) is 42.5 Å². The highest BCUT2D eigenvalue weighted by molar-refractivity contribution is 6.35. The summed E-state index contributed by atoms with van der Waals surface area (Å²) in [6, 6.07) is 15.8. The Morgan fingerprint density at radius 1 is 0.900 bits per heavy atom. The molecule has 3 rings (SSSR count). The fraction of sp³-hybridized carbons (Fsp3) is 0.417. The van der Waals surface area contributed by atoms with Crippen LogP contribution in [0.3, 0.4) is 0 Å². The summed E-state index contributed by atoms with van der Waals surface area (Å²) in [5, 5.41) is 5.56. The van der Waals surface area contributed by atoms with Crippen molar-refractivity contribution in [3.05, 3.63) is 59.7 Å². The van der Waals surface area contributed by atoms with Gasteiger partial charge in [-0.1, -0.05) is 49.2 Å². The highest BCUT2D eigenvalue weighted by Crippen LogP contribution is 2.43. The average Bonchev–Trinajstić information content (AvgIpc) is 3.27. The predicted molar refractivity (Wildman–Crippen MR) is 116 cm³/mol. The molecule has 2 aromatic carbocycles. The number of carbonyl (C=O) groups is 2. The van der Waals surface area contributed by atoms with Gasteiger partial charge in [0.05, 0.1) is 14.2 Å². The van der Waals surface area contributed by atoms with Gasteiger partial charge in [-0.2, -0.15) is 0 Å². The molecule has 0 radical (unpaired) electrons. The summed E-state index contributed by atoms with van der Waals surface area (Å²) >= 11 is 0. The first-order valence-electron chi connectivity index (χ1n) is 10.4. The molecule has 0 unspecified atom stereocenters. The smallest absolute Gasteiger partial charge is 0.309 e. The highest BCUT2D eigenvalue weighted by atomic mass is 16.5. The number of rotatable bonds is 8. The monoisotopic (exact) mass is 410 g/mol. The van der Waals surface area contributed by atoms with Crippen LogP contribution < -0.4 is 20.1 Å². The Bertz CT molecular complexity index is 861. The summed E-state index contributed by atoms with van der Waals surface area (Å²) in [7, 11) is 3.23. The number of ether oxygens (including phenoxy) is 2. The van der Waals surface area contributed by atoms with E-state index in [4.69, 9.17) is 9.47 Å². The number of hydrogen-bond donors (Lipinski definition) is 2. The minimum absolute atomic E-state index is 0.195. The molecular formula is C24H30N2O4. The van der Waals surface area contributed by atoms with E-state index < -0.39 is 11.8 Å². The molecule has 6 nitrogen and oxygen atoms in total. The number of carbonyl (C=O) groups excluding carboxylic acids is 2. The Kier molecular flexibility index (Phi) is 7.33. The van der Waals surface area contributed by atoms with Crippen molar-refractivity contribution in [1.82, 2.24) is 10.6 Å². The minimum Gasteiger partial charge on any atom is -0.493 e. The fourth-order valence-electron chi connectivity index (χ4n) is 4.16. The summed E-state index contributed by atoms with van der Waals surface area (Å²) in [5.74, 6) is 0.170. The molecule has 0 saturated heterocycles. The molecule has 1 saturated carbocycles. The average molecular weight is 411 g/mol. The second kappa shape index (κ2) is 10.1. The van der Waals surface area contributed by atoms with Gasteiger partial charge < -0.3 is 20.1 Å². The number of amides is 2. The van der Waals surface area contributed by atoms with E-state index in [1.165, 1.54) is 0 Å².